The van der Waals surface area contributed by atoms with Gasteiger partial charge in [-0.3, -0.25) is 0 Å². The number of hydrogen-bond donors (Lipinski definition) is 2. The monoisotopic (exact) mass is 362 g/mol. The number of piperazine rings is 1. The number of nitrogens with one attached hydrogen (secondary N) is 2. The SMILES string of the molecule is CCOC(=O)C1CNCCN1C(=O)N(C(=O)NCC=O)c1ccccc1. The van der Waals surface area contributed by atoms with Gasteiger partial charge in [0.25, 0.3) is 0 Å². The van der Waals surface area contributed by atoms with Crippen molar-refractivity contribution in [2.45, 2.75) is 13.0 Å². The summed E-state index contributed by atoms with van der Waals surface area (Å²) >= 11 is 0. The number of aldehydes is 1. The van der Waals surface area contributed by atoms with Crippen LogP contribution in [-0.2, 0) is 14.3 Å². The molecular formula is C17H22N4O5. The van der Waals surface area contributed by atoms with Crippen LogP contribution in [0.3, 0.4) is 0 Å². The first-order valence-electron chi connectivity index (χ1n) is 8.34. The Labute approximate surface area is 151 Å². The molecule has 0 spiro atoms. The van der Waals surface area contributed by atoms with Gasteiger partial charge in [0.2, 0.25) is 0 Å². The van der Waals surface area contributed by atoms with Crippen molar-refractivity contribution in [3.63, 3.8) is 0 Å². The summed E-state index contributed by atoms with van der Waals surface area (Å²) in [7, 11) is 0. The molecule has 0 aliphatic carbocycles. The van der Waals surface area contributed by atoms with Crippen molar-refractivity contribution in [2.24, 2.45) is 0 Å². The van der Waals surface area contributed by atoms with Crippen LogP contribution in [0, 0.1) is 0 Å². The molecule has 0 saturated carbocycles. The van der Waals surface area contributed by atoms with Crippen molar-refractivity contribution in [1.82, 2.24) is 15.5 Å². The van der Waals surface area contributed by atoms with E-state index in [9.17, 15) is 19.2 Å². The number of carbonyl (C=O) groups excluding carboxylic acids is 4. The number of ether oxygens (including phenoxy) is 1. The number of rotatable bonds is 5. The van der Waals surface area contributed by atoms with Gasteiger partial charge in [-0.05, 0) is 19.1 Å². The lowest BCUT2D eigenvalue weighted by Crippen LogP contribution is -2.62. The molecule has 0 radical (unpaired) electrons. The number of benzene rings is 1. The fraction of sp³-hybridized carbons (Fsp3) is 0.412. The molecule has 1 atom stereocenters. The van der Waals surface area contributed by atoms with E-state index in [1.165, 1.54) is 4.90 Å². The van der Waals surface area contributed by atoms with Crippen LogP contribution in [0.25, 0.3) is 0 Å². The third-order valence-electron chi connectivity index (χ3n) is 3.79. The summed E-state index contributed by atoms with van der Waals surface area (Å²) < 4.78 is 5.03. The fourth-order valence-electron chi connectivity index (χ4n) is 2.61. The van der Waals surface area contributed by atoms with Crippen LogP contribution >= 0.6 is 0 Å². The highest BCUT2D eigenvalue weighted by Gasteiger charge is 2.37. The van der Waals surface area contributed by atoms with Gasteiger partial charge in [-0.15, -0.1) is 0 Å². The van der Waals surface area contributed by atoms with E-state index in [1.54, 1.807) is 37.3 Å². The largest absolute Gasteiger partial charge is 0.464 e. The minimum Gasteiger partial charge on any atom is -0.464 e. The number of carbonyl (C=O) groups is 4. The second kappa shape index (κ2) is 9.52. The summed E-state index contributed by atoms with van der Waals surface area (Å²) in [5.41, 5.74) is 0.335. The molecule has 1 aromatic rings. The molecule has 9 heteroatoms. The predicted molar refractivity (Wildman–Crippen MR) is 93.8 cm³/mol. The van der Waals surface area contributed by atoms with Crippen LogP contribution in [0.4, 0.5) is 15.3 Å². The molecule has 0 bridgehead atoms. The number of anilines is 1. The van der Waals surface area contributed by atoms with Gasteiger partial charge in [0.1, 0.15) is 12.3 Å². The maximum atomic E-state index is 13.1. The van der Waals surface area contributed by atoms with Crippen molar-refractivity contribution in [3.05, 3.63) is 30.3 Å². The Kier molecular flexibility index (Phi) is 7.10. The fourth-order valence-corrected chi connectivity index (χ4v) is 2.61. The molecule has 1 aromatic carbocycles. The molecule has 9 nitrogen and oxygen atoms in total. The van der Waals surface area contributed by atoms with Crippen LogP contribution in [-0.4, -0.2) is 68.0 Å². The number of amides is 4. The van der Waals surface area contributed by atoms with Gasteiger partial charge < -0.3 is 25.1 Å². The normalized spacial score (nSPS) is 16.5. The molecule has 1 heterocycles. The zero-order valence-electron chi connectivity index (χ0n) is 14.5. The van der Waals surface area contributed by atoms with Gasteiger partial charge in [0.15, 0.2) is 0 Å². The summed E-state index contributed by atoms with van der Waals surface area (Å²) in [6.07, 6.45) is 0.526. The lowest BCUT2D eigenvalue weighted by Gasteiger charge is -2.37. The number of urea groups is 2. The molecule has 1 aliphatic heterocycles. The Morgan fingerprint density at radius 2 is 2.08 bits per heavy atom. The average Bonchev–Trinajstić information content (AvgIpc) is 2.67. The standard InChI is InChI=1S/C17H22N4O5/c1-2-26-15(23)14-12-18-8-10-20(14)17(25)21(16(24)19-9-11-22)13-6-4-3-5-7-13/h3-7,11,14,18H,2,8-10,12H2,1H3,(H,19,24). The summed E-state index contributed by atoms with van der Waals surface area (Å²) in [4.78, 5) is 50.5. The highest BCUT2D eigenvalue weighted by molar-refractivity contribution is 6.14. The van der Waals surface area contributed by atoms with E-state index >= 15 is 0 Å². The lowest BCUT2D eigenvalue weighted by atomic mass is 10.2. The summed E-state index contributed by atoms with van der Waals surface area (Å²) in [5, 5.41) is 5.40. The number of nitrogens with zero attached hydrogens (tertiary/aromatic N) is 2. The van der Waals surface area contributed by atoms with E-state index < -0.39 is 24.1 Å². The maximum Gasteiger partial charge on any atom is 0.333 e. The molecule has 0 aromatic heterocycles. The van der Waals surface area contributed by atoms with Crippen LogP contribution in [0.1, 0.15) is 6.92 Å². The van der Waals surface area contributed by atoms with Crippen molar-refractivity contribution >= 4 is 30.0 Å². The molecule has 1 saturated heterocycles. The maximum absolute atomic E-state index is 13.1. The smallest absolute Gasteiger partial charge is 0.333 e. The minimum absolute atomic E-state index is 0.194. The van der Waals surface area contributed by atoms with E-state index in [1.807, 2.05) is 0 Å². The van der Waals surface area contributed by atoms with Crippen molar-refractivity contribution < 1.29 is 23.9 Å². The topological polar surface area (TPSA) is 108 Å². The summed E-state index contributed by atoms with van der Waals surface area (Å²) in [6.45, 7) is 2.62. The zero-order chi connectivity index (χ0) is 18.9. The molecular weight excluding hydrogens is 340 g/mol. The van der Waals surface area contributed by atoms with Gasteiger partial charge in [-0.2, -0.15) is 0 Å². The van der Waals surface area contributed by atoms with E-state index in [-0.39, 0.29) is 26.2 Å². The van der Waals surface area contributed by atoms with E-state index in [0.29, 0.717) is 18.5 Å². The molecule has 1 fully saturated rings. The van der Waals surface area contributed by atoms with Gasteiger partial charge in [-0.25, -0.2) is 19.3 Å². The first kappa shape index (κ1) is 19.4. The van der Waals surface area contributed by atoms with E-state index in [0.717, 1.165) is 4.90 Å². The number of hydrogen-bond acceptors (Lipinski definition) is 6. The molecule has 2 N–H and O–H groups in total. The zero-order valence-corrected chi connectivity index (χ0v) is 14.5. The Hall–Kier alpha value is -2.94. The third kappa shape index (κ3) is 4.57. The summed E-state index contributed by atoms with van der Waals surface area (Å²) in [6, 6.07) is 6.09. The Balaban J connectivity index is 2.30. The van der Waals surface area contributed by atoms with Gasteiger partial charge >= 0.3 is 18.0 Å². The Morgan fingerprint density at radius 3 is 2.73 bits per heavy atom. The predicted octanol–water partition coefficient (Wildman–Crippen LogP) is 0.358. The van der Waals surface area contributed by atoms with Crippen molar-refractivity contribution in [3.8, 4) is 0 Å². The second-order valence-corrected chi connectivity index (χ2v) is 5.47. The quantitative estimate of drug-likeness (QED) is 0.578. The van der Waals surface area contributed by atoms with Crippen LogP contribution in [0.2, 0.25) is 0 Å². The first-order chi connectivity index (χ1) is 12.6. The molecule has 1 unspecified atom stereocenters. The van der Waals surface area contributed by atoms with E-state index in [4.69, 9.17) is 4.74 Å². The molecule has 4 amide bonds. The second-order valence-electron chi connectivity index (χ2n) is 5.47. The molecule has 140 valence electrons. The van der Waals surface area contributed by atoms with Gasteiger partial charge in [0, 0.05) is 19.6 Å². The van der Waals surface area contributed by atoms with Gasteiger partial charge in [0.05, 0.1) is 18.8 Å². The van der Waals surface area contributed by atoms with Crippen LogP contribution in [0.15, 0.2) is 30.3 Å². The number of imide groups is 1. The number of para-hydroxylation sites is 1. The summed E-state index contributed by atoms with van der Waals surface area (Å²) in [5.74, 6) is -0.533. The molecule has 2 rings (SSSR count). The third-order valence-corrected chi connectivity index (χ3v) is 3.79. The van der Waals surface area contributed by atoms with Crippen LogP contribution in [0.5, 0.6) is 0 Å². The van der Waals surface area contributed by atoms with Crippen LogP contribution < -0.4 is 15.5 Å². The van der Waals surface area contributed by atoms with Crippen molar-refractivity contribution in [2.75, 3.05) is 37.7 Å². The Morgan fingerprint density at radius 1 is 1.35 bits per heavy atom. The first-order valence-corrected chi connectivity index (χ1v) is 8.34. The van der Waals surface area contributed by atoms with Gasteiger partial charge in [-0.1, -0.05) is 18.2 Å². The highest BCUT2D eigenvalue weighted by Crippen LogP contribution is 2.18. The highest BCUT2D eigenvalue weighted by atomic mass is 16.5. The average molecular weight is 362 g/mol. The molecule has 26 heavy (non-hydrogen) atoms. The number of esters is 1. The minimum atomic E-state index is -0.832. The Bertz CT molecular complexity index is 652. The lowest BCUT2D eigenvalue weighted by molar-refractivity contribution is -0.148. The van der Waals surface area contributed by atoms with E-state index in [2.05, 4.69) is 10.6 Å². The van der Waals surface area contributed by atoms with Crippen molar-refractivity contribution in [1.29, 1.82) is 0 Å². The molecule has 1 aliphatic rings.